The molecule has 0 radical (unpaired) electrons. The van der Waals surface area contributed by atoms with Crippen LogP contribution in [-0.4, -0.2) is 86.4 Å². The Balaban J connectivity index is -0.0000000267. The van der Waals surface area contributed by atoms with Crippen LogP contribution < -0.4 is 0 Å². The second-order valence-corrected chi connectivity index (χ2v) is 2.17. The van der Waals surface area contributed by atoms with E-state index in [1.807, 2.05) is 0 Å². The molecule has 0 fully saturated rings. The van der Waals surface area contributed by atoms with Crippen LogP contribution in [0.4, 0.5) is 0 Å². The molecule has 0 aliphatic heterocycles. The summed E-state index contributed by atoms with van der Waals surface area (Å²) in [5.74, 6) is 0. The van der Waals surface area contributed by atoms with Crippen LogP contribution in [0.3, 0.4) is 0 Å². The van der Waals surface area contributed by atoms with Crippen molar-refractivity contribution in [2.75, 3.05) is 0 Å². The minimum atomic E-state index is -0.500. The van der Waals surface area contributed by atoms with Gasteiger partial charge in [0.1, 0.15) is 0 Å². The Morgan fingerprint density at radius 3 is 1.12 bits per heavy atom. The van der Waals surface area contributed by atoms with Crippen molar-refractivity contribution in [3.05, 3.63) is 0 Å². The molecule has 2 nitrogen and oxygen atoms in total. The Labute approximate surface area is 105 Å². The number of rotatable bonds is 0. The Morgan fingerprint density at radius 1 is 1.12 bits per heavy atom. The summed E-state index contributed by atoms with van der Waals surface area (Å²) in [5, 5.41) is 8.52. The first-order valence-corrected chi connectivity index (χ1v) is 1.72. The molecule has 0 heterocycles. The van der Waals surface area contributed by atoms with Crippen LogP contribution in [-0.2, 0) is 0 Å². The van der Waals surface area contributed by atoms with Gasteiger partial charge in [-0.25, -0.2) is 0 Å². The van der Waals surface area contributed by atoms with Crippen LogP contribution in [0.25, 0.3) is 0 Å². The molecule has 0 bridgehead atoms. The van der Waals surface area contributed by atoms with E-state index in [4.69, 9.17) is 5.11 Å². The summed E-state index contributed by atoms with van der Waals surface area (Å²) >= 11 is 0. The number of aliphatic hydroxyl groups is 1. The van der Waals surface area contributed by atoms with E-state index in [-0.39, 0.29) is 75.7 Å². The van der Waals surface area contributed by atoms with E-state index in [2.05, 4.69) is 0 Å². The van der Waals surface area contributed by atoms with Gasteiger partial charge >= 0.3 is 70.2 Å². The van der Waals surface area contributed by atoms with Crippen molar-refractivity contribution < 1.29 is 10.6 Å². The number of hydrogen-bond donors (Lipinski definition) is 1. The molecule has 0 aromatic carbocycles. The molecule has 0 aliphatic rings. The van der Waals surface area contributed by atoms with Gasteiger partial charge in [-0.15, -0.1) is 0 Å². The summed E-state index contributed by atoms with van der Waals surface area (Å²) in [6.07, 6.45) is 0. The minimum absolute atomic E-state index is 0. The zero-order valence-electron chi connectivity index (χ0n) is 4.45. The van der Waals surface area contributed by atoms with E-state index in [1.54, 1.807) is 20.8 Å². The molecule has 0 unspecified atom stereocenters. The van der Waals surface area contributed by atoms with Gasteiger partial charge in [0.15, 0.2) is 0 Å². The molecule has 0 amide bonds. The fraction of sp³-hybridized carbons (Fsp3) is 1.00. The van der Waals surface area contributed by atoms with Crippen molar-refractivity contribution in [1.82, 2.24) is 0 Å². The van der Waals surface area contributed by atoms with Crippen LogP contribution in [0.5, 0.6) is 0 Å². The maximum atomic E-state index is 8.52. The average Bonchev–Trinajstić information content (AvgIpc) is 0.722. The van der Waals surface area contributed by atoms with Crippen LogP contribution in [0.1, 0.15) is 20.8 Å². The summed E-state index contributed by atoms with van der Waals surface area (Å²) in [6, 6.07) is 0. The molecule has 0 spiro atoms. The predicted molar refractivity (Wildman–Crippen MR) is 39.9 cm³/mol. The van der Waals surface area contributed by atoms with Crippen LogP contribution >= 0.6 is 0 Å². The standard InChI is InChI=1S/C4H10O.K.Li.H2O.2H/c1-4(2,3)5;;;;;/h5H,1-3H3;;;1H2;;. The van der Waals surface area contributed by atoms with Gasteiger partial charge in [-0.05, 0) is 20.8 Å². The summed E-state index contributed by atoms with van der Waals surface area (Å²) in [4.78, 5) is 0. The maximum absolute atomic E-state index is 8.52. The van der Waals surface area contributed by atoms with Crippen molar-refractivity contribution in [1.29, 1.82) is 0 Å². The van der Waals surface area contributed by atoms with E-state index in [0.29, 0.717) is 0 Å². The first-order chi connectivity index (χ1) is 2.00. The molecule has 0 saturated carbocycles. The van der Waals surface area contributed by atoms with Crippen molar-refractivity contribution in [2.24, 2.45) is 0 Å². The van der Waals surface area contributed by atoms with Gasteiger partial charge in [0.05, 0.1) is 5.60 Å². The van der Waals surface area contributed by atoms with E-state index >= 15 is 0 Å². The third-order valence-corrected chi connectivity index (χ3v) is 0. The SMILES string of the molecule is CC(C)(C)O.O.[KH].[LiH]. The molecule has 8 heavy (non-hydrogen) atoms. The van der Waals surface area contributed by atoms with E-state index in [1.165, 1.54) is 0 Å². The molecule has 0 aromatic rings. The predicted octanol–water partition coefficient (Wildman–Crippen LogP) is -1.34. The monoisotopic (exact) mass is 140 g/mol. The van der Waals surface area contributed by atoms with E-state index in [9.17, 15) is 0 Å². The zero-order valence-corrected chi connectivity index (χ0v) is 4.45. The van der Waals surface area contributed by atoms with Gasteiger partial charge in [-0.3, -0.25) is 0 Å². The molecule has 0 aliphatic carbocycles. The Morgan fingerprint density at radius 2 is 1.12 bits per heavy atom. The van der Waals surface area contributed by atoms with Crippen LogP contribution in [0.2, 0.25) is 0 Å². The second kappa shape index (κ2) is 9.15. The van der Waals surface area contributed by atoms with Crippen molar-refractivity contribution in [3.8, 4) is 0 Å². The fourth-order valence-electron chi connectivity index (χ4n) is 0. The molecule has 44 valence electrons. The van der Waals surface area contributed by atoms with Gasteiger partial charge in [0.2, 0.25) is 0 Å². The molecule has 0 aromatic heterocycles. The summed E-state index contributed by atoms with van der Waals surface area (Å²) in [7, 11) is 0. The molecule has 4 heteroatoms. The third kappa shape index (κ3) is 90.0. The first kappa shape index (κ1) is 22.5. The Hall–Kier alpha value is 2.15. The van der Waals surface area contributed by atoms with Crippen molar-refractivity contribution >= 4 is 70.2 Å². The first-order valence-electron chi connectivity index (χ1n) is 1.72. The van der Waals surface area contributed by atoms with Crippen LogP contribution in [0, 0.1) is 0 Å². The normalized spacial score (nSPS) is 7.50. The molecule has 0 saturated heterocycles. The third-order valence-electron chi connectivity index (χ3n) is 0. The summed E-state index contributed by atoms with van der Waals surface area (Å²) < 4.78 is 0. The quantitative estimate of drug-likeness (QED) is 0.416. The van der Waals surface area contributed by atoms with E-state index in [0.717, 1.165) is 0 Å². The fourth-order valence-corrected chi connectivity index (χ4v) is 0. The van der Waals surface area contributed by atoms with Gasteiger partial charge in [0.25, 0.3) is 0 Å². The topological polar surface area (TPSA) is 51.7 Å². The van der Waals surface area contributed by atoms with Crippen molar-refractivity contribution in [2.45, 2.75) is 26.4 Å². The average molecular weight is 140 g/mol. The van der Waals surface area contributed by atoms with Gasteiger partial charge in [-0.1, -0.05) is 0 Å². The number of hydrogen-bond acceptors (Lipinski definition) is 1. The van der Waals surface area contributed by atoms with Gasteiger partial charge < -0.3 is 10.6 Å². The Bertz CT molecular complexity index is 29.5. The van der Waals surface area contributed by atoms with E-state index < -0.39 is 5.60 Å². The van der Waals surface area contributed by atoms with Gasteiger partial charge in [-0.2, -0.15) is 0 Å². The van der Waals surface area contributed by atoms with Crippen LogP contribution in [0.15, 0.2) is 0 Å². The zero-order chi connectivity index (χ0) is 4.50. The second-order valence-electron chi connectivity index (χ2n) is 2.17. The Kier molecular flexibility index (Phi) is 25.7. The molecule has 0 atom stereocenters. The van der Waals surface area contributed by atoms with Gasteiger partial charge in [0, 0.05) is 0 Å². The molecular weight excluding hydrogens is 126 g/mol. The molecular formula is C4H14KLiO2. The summed E-state index contributed by atoms with van der Waals surface area (Å²) in [6.45, 7) is 5.23. The van der Waals surface area contributed by atoms with Crippen molar-refractivity contribution in [3.63, 3.8) is 0 Å². The molecule has 0 rings (SSSR count). The summed E-state index contributed by atoms with van der Waals surface area (Å²) in [5.41, 5.74) is -0.500. The molecule has 3 N–H and O–H groups in total.